The van der Waals surface area contributed by atoms with E-state index >= 15 is 0 Å². The van der Waals surface area contributed by atoms with Gasteiger partial charge < -0.3 is 20.3 Å². The van der Waals surface area contributed by atoms with E-state index in [1.807, 2.05) is 12.3 Å². The van der Waals surface area contributed by atoms with Crippen molar-refractivity contribution in [3.63, 3.8) is 0 Å². The number of aryl methyl sites for hydroxylation is 1. The van der Waals surface area contributed by atoms with Crippen molar-refractivity contribution in [2.75, 3.05) is 38.2 Å². The van der Waals surface area contributed by atoms with Crippen LogP contribution in [0.5, 0.6) is 0 Å². The number of aromatic nitrogens is 1. The number of pyridine rings is 1. The molecule has 6 nitrogen and oxygen atoms in total. The molecule has 2 aromatic rings. The lowest BCUT2D eigenvalue weighted by molar-refractivity contribution is 0.0529. The number of hydrogen-bond acceptors (Lipinski definition) is 4. The molecule has 0 aliphatic carbocycles. The summed E-state index contributed by atoms with van der Waals surface area (Å²) < 4.78 is 5.63. The molecule has 3 rings (SSSR count). The molecule has 0 bridgehead atoms. The molecule has 30 heavy (non-hydrogen) atoms. The monoisotopic (exact) mass is 523 g/mol. The third kappa shape index (κ3) is 7.12. The molecular weight excluding hydrogens is 489 g/mol. The second-order valence-electron chi connectivity index (χ2n) is 7.77. The molecule has 2 unspecified atom stereocenters. The summed E-state index contributed by atoms with van der Waals surface area (Å²) in [6.45, 7) is 10.5. The van der Waals surface area contributed by atoms with Crippen molar-refractivity contribution < 1.29 is 4.74 Å². The number of morpholine rings is 1. The Kier molecular flexibility index (Phi) is 9.84. The topological polar surface area (TPSA) is 61.8 Å². The van der Waals surface area contributed by atoms with Crippen LogP contribution in [0.25, 0.3) is 0 Å². The summed E-state index contributed by atoms with van der Waals surface area (Å²) in [7, 11) is 1.80. The summed E-state index contributed by atoms with van der Waals surface area (Å²) in [4.78, 5) is 11.2. The molecule has 0 spiro atoms. The number of nitrogens with one attached hydrogen (secondary N) is 2. The fourth-order valence-electron chi connectivity index (χ4n) is 3.44. The quantitative estimate of drug-likeness (QED) is 0.344. The van der Waals surface area contributed by atoms with Crippen LogP contribution in [0.2, 0.25) is 0 Å². The standard InChI is InChI=1S/C23H33N5O.HI/c1-17-5-7-21(8-6-17)18(2)14-26-23(24-4)27-15-20-9-10-25-22(13-20)28-11-12-29-19(3)16-28;/h5-10,13,18-19H,11-12,14-16H2,1-4H3,(H2,24,26,27);1H. The highest BCUT2D eigenvalue weighted by molar-refractivity contribution is 14.0. The highest BCUT2D eigenvalue weighted by Crippen LogP contribution is 2.17. The van der Waals surface area contributed by atoms with Crippen LogP contribution in [0, 0.1) is 6.92 Å². The molecule has 2 heterocycles. The minimum Gasteiger partial charge on any atom is -0.375 e. The van der Waals surface area contributed by atoms with E-state index in [-0.39, 0.29) is 30.1 Å². The average Bonchev–Trinajstić information content (AvgIpc) is 2.74. The number of guanidine groups is 1. The van der Waals surface area contributed by atoms with E-state index in [4.69, 9.17) is 4.74 Å². The van der Waals surface area contributed by atoms with Gasteiger partial charge in [-0.2, -0.15) is 0 Å². The van der Waals surface area contributed by atoms with Crippen molar-refractivity contribution in [1.82, 2.24) is 15.6 Å². The van der Waals surface area contributed by atoms with Crippen LogP contribution >= 0.6 is 24.0 Å². The lowest BCUT2D eigenvalue weighted by atomic mass is 10.0. The average molecular weight is 523 g/mol. The van der Waals surface area contributed by atoms with Crippen LogP contribution in [0.4, 0.5) is 5.82 Å². The van der Waals surface area contributed by atoms with Crippen molar-refractivity contribution in [1.29, 1.82) is 0 Å². The Morgan fingerprint density at radius 3 is 2.73 bits per heavy atom. The van der Waals surface area contributed by atoms with E-state index in [0.29, 0.717) is 12.5 Å². The highest BCUT2D eigenvalue weighted by Gasteiger charge is 2.18. The number of aliphatic imine (C=N–C) groups is 1. The van der Waals surface area contributed by atoms with Gasteiger partial charge in [0.25, 0.3) is 0 Å². The van der Waals surface area contributed by atoms with Gasteiger partial charge in [0.15, 0.2) is 5.96 Å². The first-order valence-corrected chi connectivity index (χ1v) is 10.4. The van der Waals surface area contributed by atoms with Crippen molar-refractivity contribution in [3.8, 4) is 0 Å². The first kappa shape index (κ1) is 24.4. The molecule has 1 aromatic heterocycles. The number of rotatable bonds is 6. The van der Waals surface area contributed by atoms with Crippen LogP contribution < -0.4 is 15.5 Å². The zero-order valence-corrected chi connectivity index (χ0v) is 20.7. The summed E-state index contributed by atoms with van der Waals surface area (Å²) in [5.74, 6) is 2.22. The number of hydrogen-bond donors (Lipinski definition) is 2. The number of anilines is 1. The Bertz CT molecular complexity index is 811. The number of halogens is 1. The maximum atomic E-state index is 5.63. The molecule has 1 aliphatic heterocycles. The van der Waals surface area contributed by atoms with Gasteiger partial charge in [-0.15, -0.1) is 24.0 Å². The third-order valence-corrected chi connectivity index (χ3v) is 5.28. The van der Waals surface area contributed by atoms with Gasteiger partial charge in [-0.3, -0.25) is 4.99 Å². The van der Waals surface area contributed by atoms with Crippen molar-refractivity contribution in [2.45, 2.75) is 39.3 Å². The van der Waals surface area contributed by atoms with E-state index in [1.165, 1.54) is 16.7 Å². The Morgan fingerprint density at radius 1 is 1.27 bits per heavy atom. The van der Waals surface area contributed by atoms with Crippen LogP contribution in [0.3, 0.4) is 0 Å². The molecular formula is C23H34IN5O. The molecule has 1 fully saturated rings. The van der Waals surface area contributed by atoms with Gasteiger partial charge in [-0.25, -0.2) is 4.98 Å². The van der Waals surface area contributed by atoms with Gasteiger partial charge in [0, 0.05) is 39.4 Å². The normalized spacial score (nSPS) is 17.8. The van der Waals surface area contributed by atoms with Gasteiger partial charge in [-0.1, -0.05) is 36.8 Å². The zero-order valence-electron chi connectivity index (χ0n) is 18.4. The lowest BCUT2D eigenvalue weighted by Gasteiger charge is -2.32. The van der Waals surface area contributed by atoms with Crippen LogP contribution in [-0.4, -0.2) is 50.3 Å². The van der Waals surface area contributed by atoms with E-state index in [9.17, 15) is 0 Å². The summed E-state index contributed by atoms with van der Waals surface area (Å²) in [5.41, 5.74) is 3.80. The van der Waals surface area contributed by atoms with Crippen LogP contribution in [0.1, 0.15) is 36.5 Å². The molecule has 0 saturated carbocycles. The summed E-state index contributed by atoms with van der Waals surface area (Å²) in [6, 6.07) is 12.9. The molecule has 2 N–H and O–H groups in total. The Morgan fingerprint density at radius 2 is 2.03 bits per heavy atom. The summed E-state index contributed by atoms with van der Waals surface area (Å²) in [6.07, 6.45) is 2.12. The molecule has 1 saturated heterocycles. The summed E-state index contributed by atoms with van der Waals surface area (Å²) in [5, 5.41) is 6.84. The largest absolute Gasteiger partial charge is 0.375 e. The number of nitrogens with zero attached hydrogens (tertiary/aromatic N) is 3. The van der Waals surface area contributed by atoms with Gasteiger partial charge in [0.05, 0.1) is 12.7 Å². The first-order chi connectivity index (χ1) is 14.0. The molecule has 7 heteroatoms. The minimum absolute atomic E-state index is 0. The maximum absolute atomic E-state index is 5.63. The van der Waals surface area contributed by atoms with Crippen molar-refractivity contribution in [3.05, 3.63) is 59.3 Å². The zero-order chi connectivity index (χ0) is 20.6. The number of ether oxygens (including phenoxy) is 1. The van der Waals surface area contributed by atoms with Gasteiger partial charge in [-0.05, 0) is 43.0 Å². The van der Waals surface area contributed by atoms with E-state index in [1.54, 1.807) is 7.05 Å². The maximum Gasteiger partial charge on any atom is 0.191 e. The van der Waals surface area contributed by atoms with E-state index in [2.05, 4.69) is 76.6 Å². The van der Waals surface area contributed by atoms with E-state index in [0.717, 1.165) is 38.0 Å². The van der Waals surface area contributed by atoms with E-state index < -0.39 is 0 Å². The minimum atomic E-state index is 0. The van der Waals surface area contributed by atoms with Crippen molar-refractivity contribution >= 4 is 35.8 Å². The smallest absolute Gasteiger partial charge is 0.191 e. The molecule has 1 aromatic carbocycles. The first-order valence-electron chi connectivity index (χ1n) is 10.4. The summed E-state index contributed by atoms with van der Waals surface area (Å²) >= 11 is 0. The lowest BCUT2D eigenvalue weighted by Crippen LogP contribution is -2.41. The molecule has 0 radical (unpaired) electrons. The SMILES string of the molecule is CN=C(NCc1ccnc(N2CCOC(C)C2)c1)NCC(C)c1ccc(C)cc1.I. The van der Waals surface area contributed by atoms with Gasteiger partial charge in [0.1, 0.15) is 5.82 Å². The highest BCUT2D eigenvalue weighted by atomic mass is 127. The Labute approximate surface area is 197 Å². The second kappa shape index (κ2) is 12.1. The third-order valence-electron chi connectivity index (χ3n) is 5.28. The predicted octanol–water partition coefficient (Wildman–Crippen LogP) is 3.70. The molecule has 1 aliphatic rings. The van der Waals surface area contributed by atoms with Gasteiger partial charge >= 0.3 is 0 Å². The Balaban J connectivity index is 0.00000320. The molecule has 164 valence electrons. The molecule has 0 amide bonds. The van der Waals surface area contributed by atoms with Crippen molar-refractivity contribution in [2.24, 2.45) is 4.99 Å². The fourth-order valence-corrected chi connectivity index (χ4v) is 3.44. The van der Waals surface area contributed by atoms with Gasteiger partial charge in [0.2, 0.25) is 0 Å². The molecule has 2 atom stereocenters. The fraction of sp³-hybridized carbons (Fsp3) is 0.478. The second-order valence-corrected chi connectivity index (χ2v) is 7.77. The predicted molar refractivity (Wildman–Crippen MR) is 135 cm³/mol. The van der Waals surface area contributed by atoms with Crippen LogP contribution in [0.15, 0.2) is 47.6 Å². The van der Waals surface area contributed by atoms with Crippen LogP contribution in [-0.2, 0) is 11.3 Å². The number of benzene rings is 1. The Hall–Kier alpha value is -1.87.